The molecule has 0 amide bonds. The molecule has 5 nitrogen and oxygen atoms in total. The highest BCUT2D eigenvalue weighted by atomic mass is 127. The van der Waals surface area contributed by atoms with Crippen LogP contribution >= 0.6 is 24.0 Å². The zero-order valence-electron chi connectivity index (χ0n) is 14.0. The van der Waals surface area contributed by atoms with Crippen LogP contribution in [0, 0.1) is 5.82 Å². The second-order valence-electron chi connectivity index (χ2n) is 5.51. The predicted molar refractivity (Wildman–Crippen MR) is 109 cm³/mol. The average Bonchev–Trinajstić information content (AvgIpc) is 3.23. The average molecular weight is 456 g/mol. The third-order valence-electron chi connectivity index (χ3n) is 3.88. The predicted octanol–water partition coefficient (Wildman–Crippen LogP) is 3.47. The highest BCUT2D eigenvalue weighted by Crippen LogP contribution is 2.19. The van der Waals surface area contributed by atoms with E-state index in [1.165, 1.54) is 12.1 Å². The third kappa shape index (κ3) is 5.22. The highest BCUT2D eigenvalue weighted by molar-refractivity contribution is 14.0. The molecule has 3 N–H and O–H groups in total. The molecular formula is C18H22FIN4O. The van der Waals surface area contributed by atoms with Crippen molar-refractivity contribution in [2.75, 3.05) is 20.1 Å². The fraction of sp³-hybridized carbons (Fsp3) is 0.278. The minimum Gasteiger partial charge on any atom is -0.469 e. The maximum absolute atomic E-state index is 13.2. The number of hydrogen-bond acceptors (Lipinski definition) is 2. The van der Waals surface area contributed by atoms with Gasteiger partial charge < -0.3 is 20.0 Å². The lowest BCUT2D eigenvalue weighted by Crippen LogP contribution is -2.39. The molecule has 0 fully saturated rings. The second-order valence-corrected chi connectivity index (χ2v) is 5.51. The van der Waals surface area contributed by atoms with E-state index in [0.29, 0.717) is 0 Å². The summed E-state index contributed by atoms with van der Waals surface area (Å²) in [5.74, 6) is 1.48. The summed E-state index contributed by atoms with van der Waals surface area (Å²) in [5.41, 5.74) is 1.98. The maximum Gasteiger partial charge on any atom is 0.191 e. The third-order valence-corrected chi connectivity index (χ3v) is 3.88. The van der Waals surface area contributed by atoms with E-state index in [0.717, 1.165) is 54.1 Å². The summed E-state index contributed by atoms with van der Waals surface area (Å²) in [6, 6.07) is 8.66. The fourth-order valence-corrected chi connectivity index (χ4v) is 2.66. The molecule has 0 saturated carbocycles. The lowest BCUT2D eigenvalue weighted by Gasteiger charge is -2.11. The van der Waals surface area contributed by atoms with Crippen LogP contribution in [-0.2, 0) is 12.8 Å². The highest BCUT2D eigenvalue weighted by Gasteiger charge is 2.05. The standard InChI is InChI=1S/C18H21FN4O.HI/c1-20-18(22-9-7-15-3-2-10-24-15)21-8-6-13-12-23-17-11-14(19)4-5-16(13)17;/h2-5,10-12,23H,6-9H2,1H3,(H2,20,21,22);1H. The summed E-state index contributed by atoms with van der Waals surface area (Å²) in [6.07, 6.45) is 5.24. The Hall–Kier alpha value is -2.03. The Morgan fingerprint density at radius 1 is 1.20 bits per heavy atom. The van der Waals surface area contributed by atoms with E-state index in [2.05, 4.69) is 20.6 Å². The first-order chi connectivity index (χ1) is 11.8. The number of H-pyrrole nitrogens is 1. The molecule has 0 aliphatic heterocycles. The number of nitrogens with zero attached hydrogens (tertiary/aromatic N) is 1. The first-order valence-corrected chi connectivity index (χ1v) is 7.98. The number of hydrogen-bond donors (Lipinski definition) is 3. The molecule has 134 valence electrons. The first-order valence-electron chi connectivity index (χ1n) is 7.98. The van der Waals surface area contributed by atoms with Crippen molar-refractivity contribution >= 4 is 40.8 Å². The fourth-order valence-electron chi connectivity index (χ4n) is 2.66. The summed E-state index contributed by atoms with van der Waals surface area (Å²) in [6.45, 7) is 1.49. The van der Waals surface area contributed by atoms with Gasteiger partial charge in [0.1, 0.15) is 11.6 Å². The minimum atomic E-state index is -0.227. The summed E-state index contributed by atoms with van der Waals surface area (Å²) in [4.78, 5) is 7.31. The van der Waals surface area contributed by atoms with Crippen molar-refractivity contribution in [2.45, 2.75) is 12.8 Å². The van der Waals surface area contributed by atoms with Crippen molar-refractivity contribution in [2.24, 2.45) is 4.99 Å². The summed E-state index contributed by atoms with van der Waals surface area (Å²) < 4.78 is 18.5. The van der Waals surface area contributed by atoms with E-state index in [9.17, 15) is 4.39 Å². The van der Waals surface area contributed by atoms with E-state index < -0.39 is 0 Å². The quantitative estimate of drug-likeness (QED) is 0.303. The Kier molecular flexibility index (Phi) is 7.30. The molecular weight excluding hydrogens is 434 g/mol. The van der Waals surface area contributed by atoms with Crippen molar-refractivity contribution in [1.82, 2.24) is 15.6 Å². The number of aromatic nitrogens is 1. The van der Waals surface area contributed by atoms with Gasteiger partial charge in [-0.05, 0) is 42.3 Å². The molecule has 7 heteroatoms. The van der Waals surface area contributed by atoms with Gasteiger partial charge >= 0.3 is 0 Å². The molecule has 0 radical (unpaired) electrons. The maximum atomic E-state index is 13.2. The molecule has 0 spiro atoms. The van der Waals surface area contributed by atoms with Crippen LogP contribution in [0.2, 0.25) is 0 Å². The smallest absolute Gasteiger partial charge is 0.191 e. The number of rotatable bonds is 6. The number of benzene rings is 1. The number of aromatic amines is 1. The van der Waals surface area contributed by atoms with Crippen LogP contribution < -0.4 is 10.6 Å². The molecule has 25 heavy (non-hydrogen) atoms. The lowest BCUT2D eigenvalue weighted by molar-refractivity contribution is 0.507. The van der Waals surface area contributed by atoms with Gasteiger partial charge in [0.05, 0.1) is 6.26 Å². The molecule has 0 saturated heterocycles. The number of nitrogens with one attached hydrogen (secondary N) is 3. The molecule has 0 aliphatic rings. The van der Waals surface area contributed by atoms with E-state index in [-0.39, 0.29) is 29.8 Å². The van der Waals surface area contributed by atoms with E-state index in [1.54, 1.807) is 13.3 Å². The number of guanidine groups is 1. The number of fused-ring (bicyclic) bond motifs is 1. The van der Waals surface area contributed by atoms with Gasteiger partial charge in [-0.2, -0.15) is 0 Å². The first kappa shape index (κ1) is 19.3. The van der Waals surface area contributed by atoms with Crippen LogP contribution in [0.25, 0.3) is 10.9 Å². The number of furan rings is 1. The topological polar surface area (TPSA) is 65.3 Å². The molecule has 3 rings (SSSR count). The largest absolute Gasteiger partial charge is 0.469 e. The Morgan fingerprint density at radius 2 is 2.00 bits per heavy atom. The second kappa shape index (κ2) is 9.45. The van der Waals surface area contributed by atoms with Crippen LogP contribution in [0.1, 0.15) is 11.3 Å². The molecule has 0 atom stereocenters. The molecule has 0 bridgehead atoms. The SMILES string of the molecule is CN=C(NCCc1ccco1)NCCc1c[nH]c2cc(F)ccc12.I. The van der Waals surface area contributed by atoms with Crippen LogP contribution in [0.4, 0.5) is 4.39 Å². The van der Waals surface area contributed by atoms with Crippen molar-refractivity contribution in [1.29, 1.82) is 0 Å². The van der Waals surface area contributed by atoms with E-state index in [1.807, 2.05) is 24.4 Å². The van der Waals surface area contributed by atoms with Gasteiger partial charge in [0, 0.05) is 43.7 Å². The van der Waals surface area contributed by atoms with Crippen molar-refractivity contribution in [3.63, 3.8) is 0 Å². The molecule has 0 unspecified atom stereocenters. The van der Waals surface area contributed by atoms with Crippen molar-refractivity contribution in [3.05, 3.63) is 59.9 Å². The summed E-state index contributed by atoms with van der Waals surface area (Å²) in [5, 5.41) is 7.59. The lowest BCUT2D eigenvalue weighted by atomic mass is 10.1. The summed E-state index contributed by atoms with van der Waals surface area (Å²) in [7, 11) is 1.75. The minimum absolute atomic E-state index is 0. The monoisotopic (exact) mass is 456 g/mol. The van der Waals surface area contributed by atoms with Crippen LogP contribution in [0.5, 0.6) is 0 Å². The summed E-state index contributed by atoms with van der Waals surface area (Å²) >= 11 is 0. The zero-order chi connectivity index (χ0) is 16.8. The van der Waals surface area contributed by atoms with E-state index in [4.69, 9.17) is 4.42 Å². The Bertz CT molecular complexity index is 814. The molecule has 2 aromatic heterocycles. The Balaban J connectivity index is 0.00000225. The normalized spacial score (nSPS) is 11.4. The van der Waals surface area contributed by atoms with Gasteiger partial charge in [-0.25, -0.2) is 4.39 Å². The zero-order valence-corrected chi connectivity index (χ0v) is 16.3. The molecule has 1 aromatic carbocycles. The van der Waals surface area contributed by atoms with Gasteiger partial charge in [-0.15, -0.1) is 24.0 Å². The van der Waals surface area contributed by atoms with Gasteiger partial charge in [0.15, 0.2) is 5.96 Å². The van der Waals surface area contributed by atoms with Gasteiger partial charge in [0.2, 0.25) is 0 Å². The Labute approximate surface area is 163 Å². The molecule has 2 heterocycles. The van der Waals surface area contributed by atoms with Gasteiger partial charge in [-0.3, -0.25) is 4.99 Å². The molecule has 0 aliphatic carbocycles. The van der Waals surface area contributed by atoms with Gasteiger partial charge in [-0.1, -0.05) is 0 Å². The van der Waals surface area contributed by atoms with E-state index >= 15 is 0 Å². The van der Waals surface area contributed by atoms with Crippen molar-refractivity contribution in [3.8, 4) is 0 Å². The van der Waals surface area contributed by atoms with Crippen LogP contribution in [-0.4, -0.2) is 31.1 Å². The van der Waals surface area contributed by atoms with Crippen LogP contribution in [0.3, 0.4) is 0 Å². The van der Waals surface area contributed by atoms with Crippen LogP contribution in [0.15, 0.2) is 52.2 Å². The van der Waals surface area contributed by atoms with Crippen molar-refractivity contribution < 1.29 is 8.81 Å². The Morgan fingerprint density at radius 3 is 2.72 bits per heavy atom. The van der Waals surface area contributed by atoms with Gasteiger partial charge in [0.25, 0.3) is 0 Å². The number of aliphatic imine (C=N–C) groups is 1. The number of halogens is 2. The molecule has 3 aromatic rings.